The molecule has 2 N–H and O–H groups in total. The van der Waals surface area contributed by atoms with Crippen molar-refractivity contribution >= 4 is 23.3 Å². The third kappa shape index (κ3) is 3.96. The van der Waals surface area contributed by atoms with Crippen LogP contribution in [0.2, 0.25) is 5.02 Å². The maximum Gasteiger partial charge on any atom is 0.319 e. The molecule has 0 bridgehead atoms. The molecule has 0 fully saturated rings. The van der Waals surface area contributed by atoms with Crippen LogP contribution in [0.15, 0.2) is 42.5 Å². The molecule has 0 aromatic heterocycles. The number of carbonyl (C=O) groups excluding carboxylic acids is 1. The Balaban J connectivity index is 1.90. The number of hydrogen-bond acceptors (Lipinski definition) is 1. The average molecular weight is 293 g/mol. The second-order valence-electron chi connectivity index (χ2n) is 4.42. The first-order valence-electron chi connectivity index (χ1n) is 6.10. The summed E-state index contributed by atoms with van der Waals surface area (Å²) in [4.78, 5) is 11.7. The third-order valence-corrected chi connectivity index (χ3v) is 2.99. The van der Waals surface area contributed by atoms with Crippen molar-refractivity contribution in [1.82, 2.24) is 5.32 Å². The maximum atomic E-state index is 13.5. The monoisotopic (exact) mass is 292 g/mol. The molecule has 5 heteroatoms. The lowest BCUT2D eigenvalue weighted by Crippen LogP contribution is -2.28. The molecule has 20 heavy (non-hydrogen) atoms. The van der Waals surface area contributed by atoms with Crippen molar-refractivity contribution in [3.8, 4) is 0 Å². The third-order valence-electron chi connectivity index (χ3n) is 2.75. The lowest BCUT2D eigenvalue weighted by molar-refractivity contribution is 0.251. The summed E-state index contributed by atoms with van der Waals surface area (Å²) < 4.78 is 13.5. The molecule has 0 aliphatic heterocycles. The van der Waals surface area contributed by atoms with E-state index in [0.717, 1.165) is 17.2 Å². The Morgan fingerprint density at radius 1 is 1.20 bits per heavy atom. The number of hydrogen-bond donors (Lipinski definition) is 2. The van der Waals surface area contributed by atoms with Gasteiger partial charge in [-0.3, -0.25) is 0 Å². The molecule has 0 saturated carbocycles. The summed E-state index contributed by atoms with van der Waals surface area (Å²) in [6, 6.07) is 11.4. The number of rotatable bonds is 3. The zero-order valence-electron chi connectivity index (χ0n) is 10.9. The summed E-state index contributed by atoms with van der Waals surface area (Å²) in [5, 5.41) is 5.38. The van der Waals surface area contributed by atoms with Crippen molar-refractivity contribution in [2.24, 2.45) is 0 Å². The number of urea groups is 1. The van der Waals surface area contributed by atoms with Crippen LogP contribution in [0.1, 0.15) is 11.1 Å². The molecule has 104 valence electrons. The van der Waals surface area contributed by atoms with E-state index in [2.05, 4.69) is 10.6 Å². The Labute approximate surface area is 121 Å². The van der Waals surface area contributed by atoms with Gasteiger partial charge >= 0.3 is 6.03 Å². The number of aryl methyl sites for hydroxylation is 1. The summed E-state index contributed by atoms with van der Waals surface area (Å²) in [7, 11) is 0. The van der Waals surface area contributed by atoms with Crippen molar-refractivity contribution in [2.75, 3.05) is 5.32 Å². The predicted octanol–water partition coefficient (Wildman–Crippen LogP) is 4.11. The van der Waals surface area contributed by atoms with Crippen LogP contribution in [0.25, 0.3) is 0 Å². The van der Waals surface area contributed by atoms with Gasteiger partial charge in [-0.15, -0.1) is 0 Å². The van der Waals surface area contributed by atoms with E-state index in [1.54, 1.807) is 0 Å². The highest BCUT2D eigenvalue weighted by Crippen LogP contribution is 2.18. The second-order valence-corrected chi connectivity index (χ2v) is 4.85. The van der Waals surface area contributed by atoms with Gasteiger partial charge in [0.2, 0.25) is 0 Å². The van der Waals surface area contributed by atoms with E-state index in [4.69, 9.17) is 11.6 Å². The number of anilines is 1. The summed E-state index contributed by atoms with van der Waals surface area (Å²) in [6.45, 7) is 2.37. The van der Waals surface area contributed by atoms with Gasteiger partial charge < -0.3 is 10.6 Å². The van der Waals surface area contributed by atoms with E-state index in [0.29, 0.717) is 6.54 Å². The molecule has 2 aromatic carbocycles. The summed E-state index contributed by atoms with van der Waals surface area (Å²) >= 11 is 5.64. The molecule has 0 aliphatic carbocycles. The highest BCUT2D eigenvalue weighted by molar-refractivity contribution is 6.30. The minimum atomic E-state index is -0.567. The van der Waals surface area contributed by atoms with Gasteiger partial charge in [0.25, 0.3) is 0 Å². The van der Waals surface area contributed by atoms with E-state index in [-0.39, 0.29) is 10.7 Å². The lowest BCUT2D eigenvalue weighted by atomic mass is 10.1. The van der Waals surface area contributed by atoms with Gasteiger partial charge in [0.05, 0.1) is 5.69 Å². The number of nitrogens with one attached hydrogen (secondary N) is 2. The van der Waals surface area contributed by atoms with Crippen LogP contribution in [0, 0.1) is 12.7 Å². The Hall–Kier alpha value is -2.07. The number of carbonyl (C=O) groups is 1. The number of benzene rings is 2. The molecule has 0 spiro atoms. The molecular formula is C15H14ClFN2O. The van der Waals surface area contributed by atoms with Crippen LogP contribution >= 0.6 is 11.6 Å². The Morgan fingerprint density at radius 3 is 2.55 bits per heavy atom. The fourth-order valence-corrected chi connectivity index (χ4v) is 1.80. The topological polar surface area (TPSA) is 41.1 Å². The first-order valence-corrected chi connectivity index (χ1v) is 6.48. The van der Waals surface area contributed by atoms with Crippen molar-refractivity contribution in [3.05, 3.63) is 64.4 Å². The standard InChI is InChI=1S/C15H14ClFN2O/c1-10-2-4-11(5-3-10)9-18-15(20)19-14-7-6-12(16)8-13(14)17/h2-8H,9H2,1H3,(H2,18,19,20). The smallest absolute Gasteiger partial charge is 0.319 e. The summed E-state index contributed by atoms with van der Waals surface area (Å²) in [5.74, 6) is -0.567. The van der Waals surface area contributed by atoms with Gasteiger partial charge in [-0.1, -0.05) is 41.4 Å². The molecule has 3 nitrogen and oxygen atoms in total. The molecule has 2 amide bonds. The van der Waals surface area contributed by atoms with Gasteiger partial charge in [0, 0.05) is 11.6 Å². The van der Waals surface area contributed by atoms with Gasteiger partial charge in [-0.25, -0.2) is 9.18 Å². The average Bonchev–Trinajstić information content (AvgIpc) is 2.41. The van der Waals surface area contributed by atoms with E-state index in [9.17, 15) is 9.18 Å². The van der Waals surface area contributed by atoms with E-state index < -0.39 is 11.8 Å². The van der Waals surface area contributed by atoms with Crippen LogP contribution in [0.5, 0.6) is 0 Å². The maximum absolute atomic E-state index is 13.5. The number of amides is 2. The lowest BCUT2D eigenvalue weighted by Gasteiger charge is -2.09. The zero-order chi connectivity index (χ0) is 14.5. The molecule has 0 saturated heterocycles. The molecule has 0 unspecified atom stereocenters. The fraction of sp³-hybridized carbons (Fsp3) is 0.133. The molecule has 0 atom stereocenters. The molecule has 2 aromatic rings. The van der Waals surface area contributed by atoms with Gasteiger partial charge in [-0.2, -0.15) is 0 Å². The molecule has 2 rings (SSSR count). The quantitative estimate of drug-likeness (QED) is 0.878. The number of halogens is 2. The van der Waals surface area contributed by atoms with Crippen molar-refractivity contribution in [3.63, 3.8) is 0 Å². The van der Waals surface area contributed by atoms with Crippen LogP contribution in [-0.2, 0) is 6.54 Å². The molecule has 0 radical (unpaired) electrons. The largest absolute Gasteiger partial charge is 0.334 e. The highest BCUT2D eigenvalue weighted by Gasteiger charge is 2.06. The minimum Gasteiger partial charge on any atom is -0.334 e. The highest BCUT2D eigenvalue weighted by atomic mass is 35.5. The van der Waals surface area contributed by atoms with E-state index in [1.165, 1.54) is 12.1 Å². The van der Waals surface area contributed by atoms with E-state index in [1.807, 2.05) is 31.2 Å². The molecular weight excluding hydrogens is 279 g/mol. The van der Waals surface area contributed by atoms with Crippen LogP contribution in [-0.4, -0.2) is 6.03 Å². The van der Waals surface area contributed by atoms with Crippen molar-refractivity contribution < 1.29 is 9.18 Å². The predicted molar refractivity (Wildman–Crippen MR) is 78.4 cm³/mol. The van der Waals surface area contributed by atoms with Crippen molar-refractivity contribution in [1.29, 1.82) is 0 Å². The SMILES string of the molecule is Cc1ccc(CNC(=O)Nc2ccc(Cl)cc2F)cc1. The van der Waals surface area contributed by atoms with Crippen LogP contribution < -0.4 is 10.6 Å². The summed E-state index contributed by atoms with van der Waals surface area (Å²) in [6.07, 6.45) is 0. The first-order chi connectivity index (χ1) is 9.54. The fourth-order valence-electron chi connectivity index (χ4n) is 1.65. The van der Waals surface area contributed by atoms with Crippen LogP contribution in [0.3, 0.4) is 0 Å². The van der Waals surface area contributed by atoms with Gasteiger partial charge in [0.15, 0.2) is 0 Å². The van der Waals surface area contributed by atoms with Crippen LogP contribution in [0.4, 0.5) is 14.9 Å². The van der Waals surface area contributed by atoms with E-state index >= 15 is 0 Å². The Morgan fingerprint density at radius 2 is 1.90 bits per heavy atom. The Bertz CT molecular complexity index is 614. The van der Waals surface area contributed by atoms with Gasteiger partial charge in [-0.05, 0) is 30.7 Å². The molecule has 0 aliphatic rings. The summed E-state index contributed by atoms with van der Waals surface area (Å²) in [5.41, 5.74) is 2.22. The minimum absolute atomic E-state index is 0.0933. The zero-order valence-corrected chi connectivity index (χ0v) is 11.7. The normalized spacial score (nSPS) is 10.2. The second kappa shape index (κ2) is 6.39. The Kier molecular flexibility index (Phi) is 4.58. The first kappa shape index (κ1) is 14.3. The van der Waals surface area contributed by atoms with Gasteiger partial charge in [0.1, 0.15) is 5.82 Å². The van der Waals surface area contributed by atoms with Crippen molar-refractivity contribution in [2.45, 2.75) is 13.5 Å². The molecule has 0 heterocycles.